The molecule has 0 N–H and O–H groups in total. The van der Waals surface area contributed by atoms with Crippen molar-refractivity contribution < 1.29 is 4.74 Å². The fraction of sp³-hybridized carbons (Fsp3) is 0.0909. The van der Waals surface area contributed by atoms with Crippen molar-refractivity contribution in [1.82, 2.24) is 0 Å². The lowest BCUT2D eigenvalue weighted by molar-refractivity contribution is 0.388. The Balaban J connectivity index is 2.66. The summed E-state index contributed by atoms with van der Waals surface area (Å²) in [6.45, 7) is 0.197. The molecule has 2 rings (SSSR count). The molecule has 0 fully saturated rings. The molecule has 0 saturated heterocycles. The van der Waals surface area contributed by atoms with Crippen molar-refractivity contribution in [3.63, 3.8) is 0 Å². The van der Waals surface area contributed by atoms with E-state index in [0.717, 1.165) is 0 Å². The Morgan fingerprint density at radius 2 is 1.81 bits per heavy atom. The smallest absolute Gasteiger partial charge is 0.137 e. The lowest BCUT2D eigenvalue weighted by atomic mass is 10.0. The van der Waals surface area contributed by atoms with E-state index in [1.807, 2.05) is 12.1 Å². The number of hydrogen-bond acceptors (Lipinski definition) is 3. The number of fused-ring (bicyclic) bond motifs is 1. The zero-order valence-corrected chi connectivity index (χ0v) is 9.43. The Labute approximate surface area is 102 Å². The fourth-order valence-corrected chi connectivity index (χ4v) is 1.80. The second-order valence-corrected chi connectivity index (χ2v) is 3.94. The van der Waals surface area contributed by atoms with Crippen LogP contribution in [0.2, 0.25) is 10.0 Å². The summed E-state index contributed by atoms with van der Waals surface area (Å²) in [6.07, 6.45) is 0. The lowest BCUT2D eigenvalue weighted by Gasteiger charge is -2.00. The molecule has 0 saturated carbocycles. The van der Waals surface area contributed by atoms with Crippen LogP contribution in [0.25, 0.3) is 5.57 Å². The maximum absolute atomic E-state index is 8.79. The zero-order valence-electron chi connectivity index (χ0n) is 7.92. The molecule has 0 atom stereocenters. The highest BCUT2D eigenvalue weighted by Crippen LogP contribution is 2.39. The van der Waals surface area contributed by atoms with E-state index in [4.69, 9.17) is 38.5 Å². The molecule has 1 aliphatic heterocycles. The van der Waals surface area contributed by atoms with Crippen LogP contribution >= 0.6 is 23.2 Å². The van der Waals surface area contributed by atoms with Crippen molar-refractivity contribution >= 4 is 28.8 Å². The maximum Gasteiger partial charge on any atom is 0.137 e. The highest BCUT2D eigenvalue weighted by molar-refractivity contribution is 6.42. The van der Waals surface area contributed by atoms with Gasteiger partial charge in [0.15, 0.2) is 0 Å². The fourth-order valence-electron chi connectivity index (χ4n) is 1.48. The van der Waals surface area contributed by atoms with Gasteiger partial charge in [-0.2, -0.15) is 10.5 Å². The Hall–Kier alpha value is -1.68. The number of rotatable bonds is 0. The molecule has 0 amide bonds. The highest BCUT2D eigenvalue weighted by atomic mass is 35.5. The number of hydrogen-bond donors (Lipinski definition) is 0. The third kappa shape index (κ3) is 1.61. The number of ether oxygens (including phenoxy) is 1. The average molecular weight is 251 g/mol. The predicted octanol–water partition coefficient (Wildman–Crippen LogP) is 3.19. The van der Waals surface area contributed by atoms with Gasteiger partial charge in [-0.05, 0) is 6.07 Å². The molecular weight excluding hydrogens is 247 g/mol. The first-order valence-electron chi connectivity index (χ1n) is 4.33. The van der Waals surface area contributed by atoms with E-state index in [1.54, 1.807) is 12.1 Å². The Morgan fingerprint density at radius 3 is 2.44 bits per heavy atom. The van der Waals surface area contributed by atoms with E-state index < -0.39 is 0 Å². The minimum Gasteiger partial charge on any atom is -0.488 e. The molecule has 1 aromatic carbocycles. The van der Waals surface area contributed by atoms with Gasteiger partial charge in [0.2, 0.25) is 0 Å². The van der Waals surface area contributed by atoms with Gasteiger partial charge in [-0.3, -0.25) is 0 Å². The van der Waals surface area contributed by atoms with Crippen molar-refractivity contribution in [1.29, 1.82) is 10.5 Å². The molecule has 5 heteroatoms. The van der Waals surface area contributed by atoms with E-state index in [-0.39, 0.29) is 12.2 Å². The van der Waals surface area contributed by atoms with Crippen molar-refractivity contribution in [3.8, 4) is 17.9 Å². The van der Waals surface area contributed by atoms with Crippen LogP contribution in [0.3, 0.4) is 0 Å². The van der Waals surface area contributed by atoms with E-state index >= 15 is 0 Å². The van der Waals surface area contributed by atoms with Gasteiger partial charge >= 0.3 is 0 Å². The molecule has 78 valence electrons. The molecule has 0 aliphatic carbocycles. The van der Waals surface area contributed by atoms with E-state index in [0.29, 0.717) is 26.9 Å². The molecule has 16 heavy (non-hydrogen) atoms. The zero-order chi connectivity index (χ0) is 11.7. The van der Waals surface area contributed by atoms with Crippen LogP contribution in [-0.2, 0) is 0 Å². The van der Waals surface area contributed by atoms with Gasteiger partial charge in [-0.15, -0.1) is 0 Å². The molecule has 0 radical (unpaired) electrons. The Bertz CT molecular complexity index is 563. The summed E-state index contributed by atoms with van der Waals surface area (Å²) in [5.41, 5.74) is 1.25. The monoisotopic (exact) mass is 250 g/mol. The number of nitrogens with zero attached hydrogens (tertiary/aromatic N) is 2. The molecule has 1 aliphatic rings. The van der Waals surface area contributed by atoms with Crippen molar-refractivity contribution in [2.45, 2.75) is 0 Å². The largest absolute Gasteiger partial charge is 0.488 e. The van der Waals surface area contributed by atoms with E-state index in [1.165, 1.54) is 0 Å². The van der Waals surface area contributed by atoms with Crippen LogP contribution in [0.15, 0.2) is 17.7 Å². The average Bonchev–Trinajstić information content (AvgIpc) is 2.65. The van der Waals surface area contributed by atoms with Gasteiger partial charge in [0.05, 0.1) is 10.0 Å². The molecule has 1 aromatic rings. The van der Waals surface area contributed by atoms with Gasteiger partial charge in [-0.1, -0.05) is 23.2 Å². The number of halogens is 2. The molecule has 0 aromatic heterocycles. The molecule has 3 nitrogen and oxygen atoms in total. The number of nitriles is 2. The SMILES string of the molecule is N#CC(C#N)=C1COc2cc(Cl)c(Cl)cc21. The summed E-state index contributed by atoms with van der Waals surface area (Å²) in [7, 11) is 0. The third-order valence-corrected chi connectivity index (χ3v) is 2.97. The summed E-state index contributed by atoms with van der Waals surface area (Å²) in [6, 6.07) is 6.85. The minimum absolute atomic E-state index is 0.0390. The van der Waals surface area contributed by atoms with Crippen molar-refractivity contribution in [3.05, 3.63) is 33.3 Å². The Morgan fingerprint density at radius 1 is 1.19 bits per heavy atom. The van der Waals surface area contributed by atoms with E-state index in [2.05, 4.69) is 0 Å². The summed E-state index contributed by atoms with van der Waals surface area (Å²) < 4.78 is 5.33. The number of allylic oxidation sites excluding steroid dienone is 1. The van der Waals surface area contributed by atoms with Crippen molar-refractivity contribution in [2.75, 3.05) is 6.61 Å². The molecule has 0 unspecified atom stereocenters. The van der Waals surface area contributed by atoms with Crippen LogP contribution in [0.1, 0.15) is 5.56 Å². The molecule has 1 heterocycles. The molecule has 0 bridgehead atoms. The Kier molecular flexibility index (Phi) is 2.75. The van der Waals surface area contributed by atoms with Crippen LogP contribution in [-0.4, -0.2) is 6.61 Å². The highest BCUT2D eigenvalue weighted by Gasteiger charge is 2.23. The standard InChI is InChI=1S/C11H4Cl2N2O/c12-9-1-7-8(6(3-14)4-15)5-16-11(7)2-10(9)13/h1-2H,5H2. The van der Waals surface area contributed by atoms with Crippen LogP contribution < -0.4 is 4.74 Å². The predicted molar refractivity (Wildman–Crippen MR) is 60.1 cm³/mol. The minimum atomic E-state index is 0.0390. The topological polar surface area (TPSA) is 56.8 Å². The van der Waals surface area contributed by atoms with Gasteiger partial charge in [0.25, 0.3) is 0 Å². The van der Waals surface area contributed by atoms with Crippen LogP contribution in [0.4, 0.5) is 0 Å². The summed E-state index contributed by atoms with van der Waals surface area (Å²) >= 11 is 11.7. The van der Waals surface area contributed by atoms with Crippen LogP contribution in [0.5, 0.6) is 5.75 Å². The normalized spacial score (nSPS) is 12.4. The van der Waals surface area contributed by atoms with Gasteiger partial charge in [0.1, 0.15) is 30.1 Å². The first-order valence-corrected chi connectivity index (χ1v) is 5.08. The van der Waals surface area contributed by atoms with Crippen LogP contribution in [0, 0.1) is 22.7 Å². The first-order chi connectivity index (χ1) is 7.67. The third-order valence-electron chi connectivity index (χ3n) is 2.25. The number of benzene rings is 1. The molecule has 0 spiro atoms. The van der Waals surface area contributed by atoms with Gasteiger partial charge in [-0.25, -0.2) is 0 Å². The quantitative estimate of drug-likeness (QED) is 0.665. The van der Waals surface area contributed by atoms with Gasteiger partial charge in [0, 0.05) is 17.2 Å². The lowest BCUT2D eigenvalue weighted by Crippen LogP contribution is -1.90. The second-order valence-electron chi connectivity index (χ2n) is 3.13. The summed E-state index contributed by atoms with van der Waals surface area (Å²) in [5.74, 6) is 0.549. The van der Waals surface area contributed by atoms with Gasteiger partial charge < -0.3 is 4.74 Å². The summed E-state index contributed by atoms with van der Waals surface area (Å²) in [4.78, 5) is 0. The van der Waals surface area contributed by atoms with E-state index in [9.17, 15) is 0 Å². The van der Waals surface area contributed by atoms with Crippen molar-refractivity contribution in [2.24, 2.45) is 0 Å². The first kappa shape index (κ1) is 10.8. The second kappa shape index (κ2) is 4.06. The maximum atomic E-state index is 8.79. The summed E-state index contributed by atoms with van der Waals surface area (Å²) in [5, 5.41) is 18.3. The molecular formula is C11H4Cl2N2O.